The van der Waals surface area contributed by atoms with Crippen molar-refractivity contribution >= 4 is 28.9 Å². The fourth-order valence-electron chi connectivity index (χ4n) is 3.80. The van der Waals surface area contributed by atoms with Gasteiger partial charge in [0.2, 0.25) is 0 Å². The summed E-state index contributed by atoms with van der Waals surface area (Å²) in [4.78, 5) is 21.9. The molecule has 0 radical (unpaired) electrons. The molecule has 2 N–H and O–H groups in total. The summed E-state index contributed by atoms with van der Waals surface area (Å²) in [7, 11) is 0. The first-order valence-electron chi connectivity index (χ1n) is 9.07. The van der Waals surface area contributed by atoms with Crippen LogP contribution in [0.3, 0.4) is 0 Å². The molecule has 1 aliphatic rings. The van der Waals surface area contributed by atoms with Crippen LogP contribution in [0.4, 0.5) is 11.4 Å². The van der Waals surface area contributed by atoms with Crippen molar-refractivity contribution in [3.05, 3.63) is 60.0 Å². The number of nitrogens with zero attached hydrogens (tertiary/aromatic N) is 1. The van der Waals surface area contributed by atoms with Crippen LogP contribution in [0, 0.1) is 5.41 Å². The summed E-state index contributed by atoms with van der Waals surface area (Å²) >= 11 is 1.66. The maximum atomic E-state index is 13.0. The van der Waals surface area contributed by atoms with E-state index in [2.05, 4.69) is 29.1 Å². The van der Waals surface area contributed by atoms with E-state index in [1.807, 2.05) is 48.9 Å². The highest BCUT2D eigenvalue weighted by Gasteiger charge is 2.36. The number of aromatic amines is 1. The number of fused-ring (bicyclic) bond motifs is 1. The molecule has 0 saturated heterocycles. The second-order valence-electron chi connectivity index (χ2n) is 7.74. The summed E-state index contributed by atoms with van der Waals surface area (Å²) in [5.41, 5.74) is 5.66. The molecule has 0 fully saturated rings. The quantitative estimate of drug-likeness (QED) is 0.573. The minimum absolute atomic E-state index is 0.0309. The maximum absolute atomic E-state index is 13.0. The number of nitrogens with one attached hydrogen (secondary N) is 2. The largest absolute Gasteiger partial charge is 0.356 e. The molecule has 0 unspecified atom stereocenters. The number of para-hydroxylation sites is 1. The van der Waals surface area contributed by atoms with E-state index >= 15 is 0 Å². The van der Waals surface area contributed by atoms with Crippen LogP contribution < -0.4 is 5.32 Å². The lowest BCUT2D eigenvalue weighted by Gasteiger charge is -2.28. The van der Waals surface area contributed by atoms with Crippen molar-refractivity contribution in [1.82, 2.24) is 9.97 Å². The summed E-state index contributed by atoms with van der Waals surface area (Å²) in [5, 5.41) is 3.51. The Morgan fingerprint density at radius 3 is 2.67 bits per heavy atom. The third kappa shape index (κ3) is 3.39. The molecule has 4 rings (SSSR count). The van der Waals surface area contributed by atoms with Gasteiger partial charge in [0.25, 0.3) is 0 Å². The van der Waals surface area contributed by atoms with Crippen LogP contribution in [0.25, 0.3) is 11.3 Å². The molecule has 0 amide bonds. The maximum Gasteiger partial charge on any atom is 0.167 e. The second kappa shape index (κ2) is 6.89. The number of anilines is 2. The Kier molecular flexibility index (Phi) is 4.56. The number of hydrogen-bond donors (Lipinski definition) is 2. The third-order valence-corrected chi connectivity index (χ3v) is 5.73. The first kappa shape index (κ1) is 17.9. The minimum Gasteiger partial charge on any atom is -0.356 e. The van der Waals surface area contributed by atoms with Gasteiger partial charge >= 0.3 is 0 Å². The van der Waals surface area contributed by atoms with Crippen LogP contribution >= 0.6 is 11.8 Å². The van der Waals surface area contributed by atoms with Crippen molar-refractivity contribution in [3.63, 3.8) is 0 Å². The number of pyridine rings is 1. The molecule has 0 atom stereocenters. The molecule has 4 nitrogen and oxygen atoms in total. The van der Waals surface area contributed by atoms with Crippen LogP contribution in [-0.2, 0) is 6.42 Å². The normalized spacial score (nSPS) is 15.4. The summed E-state index contributed by atoms with van der Waals surface area (Å²) in [6.07, 6.45) is 7.14. The highest BCUT2D eigenvalue weighted by atomic mass is 32.2. The fraction of sp³-hybridized carbons (Fsp3) is 0.273. The van der Waals surface area contributed by atoms with Crippen LogP contribution in [0.2, 0.25) is 0 Å². The van der Waals surface area contributed by atoms with Gasteiger partial charge in [0, 0.05) is 40.7 Å². The molecule has 0 aliphatic heterocycles. The molecule has 0 saturated carbocycles. The molecular formula is C22H23N3OS. The molecule has 138 valence electrons. The Hall–Kier alpha value is -2.53. The summed E-state index contributed by atoms with van der Waals surface area (Å²) in [5.74, 6) is 0.196. The number of carbonyl (C=O) groups is 1. The first-order chi connectivity index (χ1) is 13.0. The molecule has 5 heteroatoms. The Labute approximate surface area is 163 Å². The van der Waals surface area contributed by atoms with E-state index in [1.54, 1.807) is 18.0 Å². The molecular weight excluding hydrogens is 354 g/mol. The smallest absolute Gasteiger partial charge is 0.167 e. The molecule has 2 aromatic heterocycles. The number of benzene rings is 1. The predicted molar refractivity (Wildman–Crippen MR) is 112 cm³/mol. The molecule has 2 heterocycles. The van der Waals surface area contributed by atoms with Crippen molar-refractivity contribution < 1.29 is 4.79 Å². The van der Waals surface area contributed by atoms with E-state index in [4.69, 9.17) is 0 Å². The number of aromatic nitrogens is 2. The Morgan fingerprint density at radius 1 is 1.15 bits per heavy atom. The highest BCUT2D eigenvalue weighted by Crippen LogP contribution is 2.44. The van der Waals surface area contributed by atoms with Crippen LogP contribution in [0.5, 0.6) is 0 Å². The van der Waals surface area contributed by atoms with Gasteiger partial charge in [-0.2, -0.15) is 0 Å². The van der Waals surface area contributed by atoms with Crippen LogP contribution in [0.1, 0.15) is 36.3 Å². The van der Waals surface area contributed by atoms with Gasteiger partial charge in [0.1, 0.15) is 0 Å². The number of Topliss-reactive ketones (excluding diaryl/α,β-unsaturated/α-hetero) is 1. The van der Waals surface area contributed by atoms with E-state index in [0.717, 1.165) is 45.2 Å². The molecule has 0 bridgehead atoms. The zero-order valence-corrected chi connectivity index (χ0v) is 16.6. The second-order valence-corrected chi connectivity index (χ2v) is 8.58. The van der Waals surface area contributed by atoms with Crippen molar-refractivity contribution in [1.29, 1.82) is 0 Å². The van der Waals surface area contributed by atoms with Crippen molar-refractivity contribution in [2.75, 3.05) is 11.6 Å². The number of thioether (sulfide) groups is 1. The van der Waals surface area contributed by atoms with Gasteiger partial charge < -0.3 is 10.3 Å². The van der Waals surface area contributed by atoms with Crippen molar-refractivity contribution in [2.45, 2.75) is 31.6 Å². The third-order valence-electron chi connectivity index (χ3n) is 4.97. The first-order valence-corrected chi connectivity index (χ1v) is 10.3. The summed E-state index contributed by atoms with van der Waals surface area (Å²) in [6, 6.07) is 12.0. The standard InChI is InChI=1S/C22H23N3OS/c1-22(2)11-16-19(17(26)12-22)21(24-14-7-5-4-6-8-14)20(25-16)15-9-10-23-13-18(15)27-3/h4-10,13,24-25H,11-12H2,1-3H3. The van der Waals surface area contributed by atoms with Gasteiger partial charge in [-0.05, 0) is 36.3 Å². The molecule has 1 aliphatic carbocycles. The van der Waals surface area contributed by atoms with E-state index in [1.165, 1.54) is 0 Å². The number of carbonyl (C=O) groups excluding carboxylic acids is 1. The predicted octanol–water partition coefficient (Wildman–Crippen LogP) is 5.70. The summed E-state index contributed by atoms with van der Waals surface area (Å²) < 4.78 is 0. The molecule has 27 heavy (non-hydrogen) atoms. The number of hydrogen-bond acceptors (Lipinski definition) is 4. The summed E-state index contributed by atoms with van der Waals surface area (Å²) in [6.45, 7) is 4.30. The molecule has 3 aromatic rings. The van der Waals surface area contributed by atoms with E-state index in [9.17, 15) is 4.79 Å². The topological polar surface area (TPSA) is 57.8 Å². The zero-order chi connectivity index (χ0) is 19.0. The Bertz CT molecular complexity index is 992. The van der Waals surface area contributed by atoms with Gasteiger partial charge in [-0.25, -0.2) is 0 Å². The van der Waals surface area contributed by atoms with Crippen LogP contribution in [0.15, 0.2) is 53.7 Å². The molecule has 1 aromatic carbocycles. The van der Waals surface area contributed by atoms with Crippen LogP contribution in [-0.4, -0.2) is 22.0 Å². The molecule has 0 spiro atoms. The minimum atomic E-state index is -0.0309. The van der Waals surface area contributed by atoms with Crippen molar-refractivity contribution in [2.24, 2.45) is 5.41 Å². The fourth-order valence-corrected chi connectivity index (χ4v) is 4.35. The lowest BCUT2D eigenvalue weighted by atomic mass is 9.76. The average molecular weight is 378 g/mol. The monoisotopic (exact) mass is 377 g/mol. The number of rotatable bonds is 4. The number of ketones is 1. The highest BCUT2D eigenvalue weighted by molar-refractivity contribution is 7.98. The van der Waals surface area contributed by atoms with Gasteiger partial charge in [0.15, 0.2) is 5.78 Å². The van der Waals surface area contributed by atoms with Gasteiger partial charge in [-0.3, -0.25) is 9.78 Å². The Balaban J connectivity index is 1.92. The number of H-pyrrole nitrogens is 1. The zero-order valence-electron chi connectivity index (χ0n) is 15.8. The van der Waals surface area contributed by atoms with Gasteiger partial charge in [-0.15, -0.1) is 11.8 Å². The van der Waals surface area contributed by atoms with Crippen molar-refractivity contribution in [3.8, 4) is 11.3 Å². The average Bonchev–Trinajstić information content (AvgIpc) is 2.99. The lowest BCUT2D eigenvalue weighted by molar-refractivity contribution is 0.0912. The van der Waals surface area contributed by atoms with E-state index < -0.39 is 0 Å². The van der Waals surface area contributed by atoms with Gasteiger partial charge in [0.05, 0.1) is 16.9 Å². The van der Waals surface area contributed by atoms with Gasteiger partial charge in [-0.1, -0.05) is 32.0 Å². The lowest BCUT2D eigenvalue weighted by Crippen LogP contribution is -2.26. The van der Waals surface area contributed by atoms with E-state index in [-0.39, 0.29) is 11.2 Å². The SMILES string of the molecule is CSc1cnccc1-c1[nH]c2c(c1Nc1ccccc1)C(=O)CC(C)(C)C2. The van der Waals surface area contributed by atoms with E-state index in [0.29, 0.717) is 6.42 Å². The Morgan fingerprint density at radius 2 is 1.93 bits per heavy atom.